The lowest BCUT2D eigenvalue weighted by atomic mass is 10.1. The molecule has 0 aromatic heterocycles. The van der Waals surface area contributed by atoms with Gasteiger partial charge in [0.1, 0.15) is 5.56 Å². The standard InChI is InChI=1S/C13H11F3N2O3/c1-9(19)17-7-3-2-4-10-5-6-11(13(14,15)16)8-12(10)18(20)21/h5-6,8H,3,7H2,1H3,(H,17,19). The summed E-state index contributed by atoms with van der Waals surface area (Å²) >= 11 is 0. The normalized spacial score (nSPS) is 10.5. The van der Waals surface area contributed by atoms with Gasteiger partial charge in [-0.05, 0) is 12.1 Å². The summed E-state index contributed by atoms with van der Waals surface area (Å²) in [6.07, 6.45) is -4.42. The second-order valence-corrected chi connectivity index (χ2v) is 4.02. The highest BCUT2D eigenvalue weighted by atomic mass is 19.4. The molecule has 0 spiro atoms. The first-order valence-electron chi connectivity index (χ1n) is 5.80. The van der Waals surface area contributed by atoms with Crippen molar-refractivity contribution >= 4 is 11.6 Å². The molecular weight excluding hydrogens is 289 g/mol. The summed E-state index contributed by atoms with van der Waals surface area (Å²) in [6, 6.07) is 2.16. The molecule has 21 heavy (non-hydrogen) atoms. The van der Waals surface area contributed by atoms with E-state index in [9.17, 15) is 28.1 Å². The average Bonchev–Trinajstić information content (AvgIpc) is 2.36. The molecule has 0 atom stereocenters. The van der Waals surface area contributed by atoms with Crippen LogP contribution in [-0.2, 0) is 11.0 Å². The smallest absolute Gasteiger partial charge is 0.355 e. The molecule has 0 unspecified atom stereocenters. The number of benzene rings is 1. The highest BCUT2D eigenvalue weighted by Gasteiger charge is 2.32. The Morgan fingerprint density at radius 1 is 1.43 bits per heavy atom. The highest BCUT2D eigenvalue weighted by Crippen LogP contribution is 2.32. The molecule has 0 saturated heterocycles. The third-order valence-electron chi connectivity index (χ3n) is 2.37. The van der Waals surface area contributed by atoms with Gasteiger partial charge in [0, 0.05) is 26.0 Å². The highest BCUT2D eigenvalue weighted by molar-refractivity contribution is 5.72. The van der Waals surface area contributed by atoms with Crippen molar-refractivity contribution in [3.8, 4) is 11.8 Å². The number of carbonyl (C=O) groups excluding carboxylic acids is 1. The maximum absolute atomic E-state index is 12.5. The number of alkyl halides is 3. The number of nitro benzene ring substituents is 1. The second-order valence-electron chi connectivity index (χ2n) is 4.02. The molecule has 0 bridgehead atoms. The predicted octanol–water partition coefficient (Wildman–Crippen LogP) is 2.49. The first-order valence-corrected chi connectivity index (χ1v) is 5.80. The summed E-state index contributed by atoms with van der Waals surface area (Å²) in [6.45, 7) is 1.59. The number of halogens is 3. The van der Waals surface area contributed by atoms with Gasteiger partial charge >= 0.3 is 6.18 Å². The lowest BCUT2D eigenvalue weighted by Gasteiger charge is -2.06. The van der Waals surface area contributed by atoms with Crippen LogP contribution in [-0.4, -0.2) is 17.4 Å². The molecule has 0 radical (unpaired) electrons. The fraction of sp³-hybridized carbons (Fsp3) is 0.308. The number of nitrogens with one attached hydrogen (secondary N) is 1. The van der Waals surface area contributed by atoms with Gasteiger partial charge in [0.05, 0.1) is 10.5 Å². The quantitative estimate of drug-likeness (QED) is 0.403. The number of carbonyl (C=O) groups is 1. The van der Waals surface area contributed by atoms with Crippen LogP contribution < -0.4 is 5.32 Å². The van der Waals surface area contributed by atoms with Crippen LogP contribution in [0.4, 0.5) is 18.9 Å². The summed E-state index contributed by atoms with van der Waals surface area (Å²) in [5.74, 6) is 4.76. The van der Waals surface area contributed by atoms with Gasteiger partial charge in [-0.25, -0.2) is 0 Å². The summed E-state index contributed by atoms with van der Waals surface area (Å²) in [5, 5.41) is 13.3. The van der Waals surface area contributed by atoms with E-state index in [1.807, 2.05) is 0 Å². The zero-order valence-corrected chi connectivity index (χ0v) is 11.0. The van der Waals surface area contributed by atoms with Crippen LogP contribution in [0.1, 0.15) is 24.5 Å². The van der Waals surface area contributed by atoms with Crippen molar-refractivity contribution in [2.75, 3.05) is 6.54 Å². The van der Waals surface area contributed by atoms with Crippen molar-refractivity contribution in [2.45, 2.75) is 19.5 Å². The van der Waals surface area contributed by atoms with E-state index in [1.54, 1.807) is 0 Å². The van der Waals surface area contributed by atoms with E-state index in [0.29, 0.717) is 6.07 Å². The first kappa shape index (κ1) is 16.5. The minimum absolute atomic E-state index is 0.101. The fourth-order valence-corrected chi connectivity index (χ4v) is 1.42. The molecular formula is C13H11F3N2O3. The minimum Gasteiger partial charge on any atom is -0.355 e. The molecule has 1 amide bonds. The lowest BCUT2D eigenvalue weighted by molar-refractivity contribution is -0.385. The molecule has 0 heterocycles. The Kier molecular flexibility index (Phi) is 5.30. The van der Waals surface area contributed by atoms with Gasteiger partial charge in [-0.1, -0.05) is 11.8 Å². The minimum atomic E-state index is -4.65. The molecule has 112 valence electrons. The maximum Gasteiger partial charge on any atom is 0.416 e. The molecule has 0 fully saturated rings. The van der Waals surface area contributed by atoms with E-state index in [0.717, 1.165) is 12.1 Å². The van der Waals surface area contributed by atoms with Crippen LogP contribution in [0.25, 0.3) is 0 Å². The molecule has 1 aromatic rings. The molecule has 0 aliphatic rings. The van der Waals surface area contributed by atoms with E-state index in [-0.39, 0.29) is 24.4 Å². The number of rotatable bonds is 3. The predicted molar refractivity (Wildman–Crippen MR) is 68.3 cm³/mol. The molecule has 5 nitrogen and oxygen atoms in total. The largest absolute Gasteiger partial charge is 0.416 e. The van der Waals surface area contributed by atoms with Crippen LogP contribution in [0.3, 0.4) is 0 Å². The summed E-state index contributed by atoms with van der Waals surface area (Å²) < 4.78 is 37.5. The Morgan fingerprint density at radius 2 is 2.10 bits per heavy atom. The van der Waals surface area contributed by atoms with Gasteiger partial charge in [-0.15, -0.1) is 0 Å². The van der Waals surface area contributed by atoms with Crippen LogP contribution in [0.15, 0.2) is 18.2 Å². The Balaban J connectivity index is 2.95. The van der Waals surface area contributed by atoms with Crippen molar-refractivity contribution in [2.24, 2.45) is 0 Å². The Labute approximate surface area is 118 Å². The van der Waals surface area contributed by atoms with Crippen LogP contribution in [0.5, 0.6) is 0 Å². The number of hydrogen-bond acceptors (Lipinski definition) is 3. The van der Waals surface area contributed by atoms with Gasteiger partial charge < -0.3 is 5.32 Å². The molecule has 1 N–H and O–H groups in total. The molecule has 8 heteroatoms. The SMILES string of the molecule is CC(=O)NCCC#Cc1ccc(C(F)(F)F)cc1[N+](=O)[O-]. The van der Waals surface area contributed by atoms with Gasteiger partial charge in [0.15, 0.2) is 0 Å². The number of nitro groups is 1. The number of amides is 1. The zero-order chi connectivity index (χ0) is 16.0. The molecule has 1 rings (SSSR count). The number of nitrogens with zero attached hydrogens (tertiary/aromatic N) is 1. The Bertz CT molecular complexity index is 615. The first-order chi connectivity index (χ1) is 9.71. The lowest BCUT2D eigenvalue weighted by Crippen LogP contribution is -2.20. The van der Waals surface area contributed by atoms with E-state index < -0.39 is 22.4 Å². The Hall–Kier alpha value is -2.56. The van der Waals surface area contributed by atoms with E-state index >= 15 is 0 Å². The van der Waals surface area contributed by atoms with Crippen molar-refractivity contribution in [1.82, 2.24) is 5.32 Å². The zero-order valence-electron chi connectivity index (χ0n) is 11.0. The van der Waals surface area contributed by atoms with Gasteiger partial charge in [0.25, 0.3) is 5.69 Å². The topological polar surface area (TPSA) is 72.2 Å². The molecule has 0 aliphatic heterocycles. The Morgan fingerprint density at radius 3 is 2.62 bits per heavy atom. The third kappa shape index (κ3) is 5.14. The third-order valence-corrected chi connectivity index (χ3v) is 2.37. The van der Waals surface area contributed by atoms with Crippen LogP contribution in [0.2, 0.25) is 0 Å². The molecule has 1 aromatic carbocycles. The van der Waals surface area contributed by atoms with Crippen molar-refractivity contribution < 1.29 is 22.9 Å². The van der Waals surface area contributed by atoms with Crippen molar-refractivity contribution in [1.29, 1.82) is 0 Å². The van der Waals surface area contributed by atoms with Crippen LogP contribution >= 0.6 is 0 Å². The van der Waals surface area contributed by atoms with E-state index in [1.165, 1.54) is 6.92 Å². The van der Waals surface area contributed by atoms with Gasteiger partial charge in [-0.2, -0.15) is 13.2 Å². The van der Waals surface area contributed by atoms with Crippen molar-refractivity contribution in [3.05, 3.63) is 39.4 Å². The maximum atomic E-state index is 12.5. The van der Waals surface area contributed by atoms with Gasteiger partial charge in [-0.3, -0.25) is 14.9 Å². The summed E-state index contributed by atoms with van der Waals surface area (Å²) in [7, 11) is 0. The van der Waals surface area contributed by atoms with E-state index in [2.05, 4.69) is 17.2 Å². The molecule has 0 aliphatic carbocycles. The van der Waals surface area contributed by atoms with Gasteiger partial charge in [0.2, 0.25) is 5.91 Å². The van der Waals surface area contributed by atoms with Crippen molar-refractivity contribution in [3.63, 3.8) is 0 Å². The van der Waals surface area contributed by atoms with Crippen LogP contribution in [0, 0.1) is 22.0 Å². The van der Waals surface area contributed by atoms with E-state index in [4.69, 9.17) is 0 Å². The summed E-state index contributed by atoms with van der Waals surface area (Å²) in [5.41, 5.74) is -1.90. The fourth-order valence-electron chi connectivity index (χ4n) is 1.42. The second kappa shape index (κ2) is 6.74. The molecule has 0 saturated carbocycles. The summed E-state index contributed by atoms with van der Waals surface area (Å²) in [4.78, 5) is 20.5. The monoisotopic (exact) mass is 300 g/mol. The number of hydrogen-bond donors (Lipinski definition) is 1. The average molecular weight is 300 g/mol.